The van der Waals surface area contributed by atoms with E-state index in [0.717, 1.165) is 37.3 Å². The molecule has 1 N–H and O–H groups in total. The van der Waals surface area contributed by atoms with Crippen molar-refractivity contribution in [3.05, 3.63) is 23.8 Å². The van der Waals surface area contributed by atoms with E-state index in [2.05, 4.69) is 24.4 Å². The van der Waals surface area contributed by atoms with Crippen LogP contribution in [0.4, 0.5) is 0 Å². The number of carbonyl (C=O) groups is 1. The van der Waals surface area contributed by atoms with Crippen LogP contribution in [0.1, 0.15) is 51.5 Å². The molecule has 1 atom stereocenters. The molecule has 0 saturated heterocycles. The summed E-state index contributed by atoms with van der Waals surface area (Å²) >= 11 is 0. The molecule has 1 aromatic carbocycles. The van der Waals surface area contributed by atoms with E-state index >= 15 is 0 Å². The average molecular weight is 317 g/mol. The average Bonchev–Trinajstić information content (AvgIpc) is 3.08. The van der Waals surface area contributed by atoms with E-state index in [1.165, 1.54) is 18.4 Å². The Labute approximate surface area is 138 Å². The minimum atomic E-state index is 0.0406. The Morgan fingerprint density at radius 3 is 2.61 bits per heavy atom. The van der Waals surface area contributed by atoms with E-state index in [9.17, 15) is 4.79 Å². The second-order valence-electron chi connectivity index (χ2n) is 6.87. The second-order valence-corrected chi connectivity index (χ2v) is 6.87. The Bertz CT molecular complexity index is 564. The second kappa shape index (κ2) is 6.81. The third-order valence-corrected chi connectivity index (χ3v) is 5.38. The van der Waals surface area contributed by atoms with Gasteiger partial charge in [-0.1, -0.05) is 32.8 Å². The van der Waals surface area contributed by atoms with Crippen molar-refractivity contribution in [1.82, 2.24) is 5.32 Å². The molecule has 1 amide bonds. The number of hydrogen-bond acceptors (Lipinski definition) is 3. The standard InChI is InChI=1S/C19H27NO3/c1-3-14(2)18(21)20-13-19(8-4-5-9-19)15-6-7-16-17(12-15)23-11-10-22-16/h6-7,12,14H,3-5,8-11,13H2,1-2H3,(H,20,21). The fourth-order valence-electron chi connectivity index (χ4n) is 3.61. The van der Waals surface area contributed by atoms with E-state index < -0.39 is 0 Å². The largest absolute Gasteiger partial charge is 0.486 e. The summed E-state index contributed by atoms with van der Waals surface area (Å²) in [5.41, 5.74) is 1.31. The van der Waals surface area contributed by atoms with Gasteiger partial charge in [0.25, 0.3) is 0 Å². The van der Waals surface area contributed by atoms with Gasteiger partial charge in [-0.15, -0.1) is 0 Å². The molecular weight excluding hydrogens is 290 g/mol. The van der Waals surface area contributed by atoms with E-state index in [0.29, 0.717) is 13.2 Å². The molecule has 4 heteroatoms. The van der Waals surface area contributed by atoms with Crippen LogP contribution in [0.5, 0.6) is 11.5 Å². The van der Waals surface area contributed by atoms with E-state index in [4.69, 9.17) is 9.47 Å². The highest BCUT2D eigenvalue weighted by Crippen LogP contribution is 2.43. The summed E-state index contributed by atoms with van der Waals surface area (Å²) in [6.07, 6.45) is 5.55. The number of hydrogen-bond donors (Lipinski definition) is 1. The van der Waals surface area contributed by atoms with Gasteiger partial charge in [0.2, 0.25) is 5.91 Å². The number of fused-ring (bicyclic) bond motifs is 1. The van der Waals surface area contributed by atoms with Crippen molar-refractivity contribution in [2.45, 2.75) is 51.4 Å². The van der Waals surface area contributed by atoms with Crippen molar-refractivity contribution >= 4 is 5.91 Å². The van der Waals surface area contributed by atoms with Crippen LogP contribution >= 0.6 is 0 Å². The first-order valence-electron chi connectivity index (χ1n) is 8.82. The van der Waals surface area contributed by atoms with Crippen LogP contribution in [-0.2, 0) is 10.2 Å². The molecule has 2 aliphatic rings. The maximum atomic E-state index is 12.2. The predicted octanol–water partition coefficient (Wildman–Crippen LogP) is 3.43. The van der Waals surface area contributed by atoms with Crippen LogP contribution < -0.4 is 14.8 Å². The van der Waals surface area contributed by atoms with Gasteiger partial charge in [-0.05, 0) is 37.0 Å². The van der Waals surface area contributed by atoms with Gasteiger partial charge in [-0.25, -0.2) is 0 Å². The van der Waals surface area contributed by atoms with Crippen LogP contribution in [-0.4, -0.2) is 25.7 Å². The molecule has 4 nitrogen and oxygen atoms in total. The van der Waals surface area contributed by atoms with Gasteiger partial charge in [0.05, 0.1) is 0 Å². The zero-order valence-electron chi connectivity index (χ0n) is 14.2. The molecule has 0 bridgehead atoms. The first-order chi connectivity index (χ1) is 11.1. The predicted molar refractivity (Wildman–Crippen MR) is 90.0 cm³/mol. The lowest BCUT2D eigenvalue weighted by Gasteiger charge is -2.31. The minimum Gasteiger partial charge on any atom is -0.486 e. The Kier molecular flexibility index (Phi) is 4.79. The Balaban J connectivity index is 1.79. The fourth-order valence-corrected chi connectivity index (χ4v) is 3.61. The van der Waals surface area contributed by atoms with Crippen LogP contribution in [0.2, 0.25) is 0 Å². The van der Waals surface area contributed by atoms with Crippen LogP contribution in [0.3, 0.4) is 0 Å². The summed E-state index contributed by atoms with van der Waals surface area (Å²) in [6.45, 7) is 5.98. The molecule has 1 fully saturated rings. The maximum Gasteiger partial charge on any atom is 0.222 e. The Morgan fingerprint density at radius 1 is 1.22 bits per heavy atom. The van der Waals surface area contributed by atoms with Crippen LogP contribution in [0, 0.1) is 5.92 Å². The lowest BCUT2D eigenvalue weighted by molar-refractivity contribution is -0.124. The smallest absolute Gasteiger partial charge is 0.222 e. The zero-order valence-corrected chi connectivity index (χ0v) is 14.2. The number of amides is 1. The Morgan fingerprint density at radius 2 is 1.91 bits per heavy atom. The molecule has 1 aliphatic carbocycles. The highest BCUT2D eigenvalue weighted by molar-refractivity contribution is 5.78. The van der Waals surface area contributed by atoms with Gasteiger partial charge in [0, 0.05) is 17.9 Å². The number of carbonyl (C=O) groups excluding carboxylic acids is 1. The maximum absolute atomic E-state index is 12.2. The van der Waals surface area contributed by atoms with E-state index in [1.54, 1.807) is 0 Å². The quantitative estimate of drug-likeness (QED) is 0.905. The number of nitrogens with one attached hydrogen (secondary N) is 1. The Hall–Kier alpha value is -1.71. The third-order valence-electron chi connectivity index (χ3n) is 5.38. The van der Waals surface area contributed by atoms with Gasteiger partial charge in [0.1, 0.15) is 13.2 Å². The number of benzene rings is 1. The van der Waals surface area contributed by atoms with Gasteiger partial charge >= 0.3 is 0 Å². The minimum absolute atomic E-state index is 0.0406. The molecule has 0 radical (unpaired) electrons. The normalized spacial score (nSPS) is 20.1. The van der Waals surface area contributed by atoms with Crippen molar-refractivity contribution in [2.24, 2.45) is 5.92 Å². The summed E-state index contributed by atoms with van der Waals surface area (Å²) in [5, 5.41) is 3.18. The molecule has 1 aromatic rings. The van der Waals surface area contributed by atoms with Crippen molar-refractivity contribution in [3.63, 3.8) is 0 Å². The SMILES string of the molecule is CCC(C)C(=O)NCC1(c2ccc3c(c2)OCCO3)CCCC1. The molecule has 1 heterocycles. The van der Waals surface area contributed by atoms with E-state index in [1.807, 2.05) is 13.0 Å². The van der Waals surface area contributed by atoms with Crippen LogP contribution in [0.25, 0.3) is 0 Å². The third kappa shape index (κ3) is 3.31. The summed E-state index contributed by atoms with van der Waals surface area (Å²) < 4.78 is 11.4. The zero-order chi connectivity index (χ0) is 16.3. The molecule has 0 aromatic heterocycles. The fraction of sp³-hybridized carbons (Fsp3) is 0.632. The van der Waals surface area contributed by atoms with Gasteiger partial charge in [-0.3, -0.25) is 4.79 Å². The highest BCUT2D eigenvalue weighted by atomic mass is 16.6. The highest BCUT2D eigenvalue weighted by Gasteiger charge is 2.37. The monoisotopic (exact) mass is 317 g/mol. The van der Waals surface area contributed by atoms with Crippen molar-refractivity contribution in [2.75, 3.05) is 19.8 Å². The van der Waals surface area contributed by atoms with Gasteiger partial charge in [0.15, 0.2) is 11.5 Å². The van der Waals surface area contributed by atoms with Crippen molar-refractivity contribution in [3.8, 4) is 11.5 Å². The first kappa shape index (κ1) is 16.2. The summed E-state index contributed by atoms with van der Waals surface area (Å²) in [6, 6.07) is 6.28. The number of rotatable bonds is 5. The number of ether oxygens (including phenoxy) is 2. The molecule has 1 saturated carbocycles. The summed E-state index contributed by atoms with van der Waals surface area (Å²) in [4.78, 5) is 12.2. The topological polar surface area (TPSA) is 47.6 Å². The molecule has 3 rings (SSSR count). The summed E-state index contributed by atoms with van der Waals surface area (Å²) in [5.74, 6) is 1.91. The molecular formula is C19H27NO3. The first-order valence-corrected chi connectivity index (χ1v) is 8.82. The van der Waals surface area contributed by atoms with Gasteiger partial charge in [-0.2, -0.15) is 0 Å². The lowest BCUT2D eigenvalue weighted by Crippen LogP contribution is -2.41. The molecule has 0 spiro atoms. The van der Waals surface area contributed by atoms with Gasteiger partial charge < -0.3 is 14.8 Å². The summed E-state index contributed by atoms with van der Waals surface area (Å²) in [7, 11) is 0. The van der Waals surface area contributed by atoms with E-state index in [-0.39, 0.29) is 17.2 Å². The molecule has 1 aliphatic heterocycles. The molecule has 23 heavy (non-hydrogen) atoms. The van der Waals surface area contributed by atoms with Crippen molar-refractivity contribution < 1.29 is 14.3 Å². The molecule has 1 unspecified atom stereocenters. The van der Waals surface area contributed by atoms with Crippen molar-refractivity contribution in [1.29, 1.82) is 0 Å². The lowest BCUT2D eigenvalue weighted by atomic mass is 9.78. The molecule has 126 valence electrons. The van der Waals surface area contributed by atoms with Crippen LogP contribution in [0.15, 0.2) is 18.2 Å².